The molecule has 0 radical (unpaired) electrons. The zero-order valence-corrected chi connectivity index (χ0v) is 13.8. The number of carbonyl (C=O) groups is 1. The lowest BCUT2D eigenvalue weighted by Gasteiger charge is -2.23. The van der Waals surface area contributed by atoms with Crippen LogP contribution in [0.5, 0.6) is 0 Å². The van der Waals surface area contributed by atoms with Crippen molar-refractivity contribution in [3.05, 3.63) is 60.7 Å². The van der Waals surface area contributed by atoms with E-state index < -0.39 is 9.84 Å². The summed E-state index contributed by atoms with van der Waals surface area (Å²) >= 11 is 0. The largest absolute Gasteiger partial charge is 0.337 e. The number of rotatable bonds is 6. The summed E-state index contributed by atoms with van der Waals surface area (Å²) in [5.41, 5.74) is 1.50. The molecule has 0 unspecified atom stereocenters. The van der Waals surface area contributed by atoms with Gasteiger partial charge in [-0.05, 0) is 30.7 Å². The van der Waals surface area contributed by atoms with Crippen molar-refractivity contribution in [3.8, 4) is 0 Å². The first kappa shape index (κ1) is 17.0. The molecule has 0 saturated carbocycles. The van der Waals surface area contributed by atoms with Crippen molar-refractivity contribution in [3.63, 3.8) is 0 Å². The van der Waals surface area contributed by atoms with Gasteiger partial charge in [0.25, 0.3) is 0 Å². The maximum Gasteiger partial charge on any atom is 0.326 e. The summed E-state index contributed by atoms with van der Waals surface area (Å²) in [7, 11) is -3.01. The summed E-state index contributed by atoms with van der Waals surface area (Å²) in [6.45, 7) is 0.308. The topological polar surface area (TPSA) is 66.5 Å². The average Bonchev–Trinajstić information content (AvgIpc) is 2.53. The number of nitrogens with zero attached hydrogens (tertiary/aromatic N) is 1. The minimum atomic E-state index is -3.01. The molecule has 0 saturated heterocycles. The second-order valence-corrected chi connectivity index (χ2v) is 7.48. The lowest BCUT2D eigenvalue weighted by atomic mass is 10.2. The fraction of sp³-hybridized carbons (Fsp3) is 0.235. The zero-order valence-electron chi connectivity index (χ0n) is 13.0. The van der Waals surface area contributed by atoms with Gasteiger partial charge in [0.2, 0.25) is 0 Å². The SMILES string of the molecule is CS(=O)(=O)CCCNC(=O)N(c1ccccc1)c1ccccc1. The second kappa shape index (κ2) is 7.78. The molecule has 0 fully saturated rings. The van der Waals surface area contributed by atoms with Gasteiger partial charge in [0.05, 0.1) is 17.1 Å². The van der Waals surface area contributed by atoms with Crippen LogP contribution < -0.4 is 10.2 Å². The molecule has 0 spiro atoms. The van der Waals surface area contributed by atoms with E-state index in [0.29, 0.717) is 13.0 Å². The Kier molecular flexibility index (Phi) is 5.76. The molecule has 2 rings (SSSR count). The Morgan fingerprint density at radius 3 is 1.87 bits per heavy atom. The van der Waals surface area contributed by atoms with E-state index in [9.17, 15) is 13.2 Å². The van der Waals surface area contributed by atoms with Gasteiger partial charge in [0.1, 0.15) is 9.84 Å². The van der Waals surface area contributed by atoms with Crippen molar-refractivity contribution in [2.24, 2.45) is 0 Å². The quantitative estimate of drug-likeness (QED) is 0.827. The Bertz CT molecular complexity index is 691. The molecule has 2 amide bonds. The number of hydrogen-bond donors (Lipinski definition) is 1. The van der Waals surface area contributed by atoms with Crippen LogP contribution in [0.2, 0.25) is 0 Å². The van der Waals surface area contributed by atoms with Crippen molar-refractivity contribution in [2.75, 3.05) is 23.5 Å². The van der Waals surface area contributed by atoms with E-state index in [1.165, 1.54) is 6.26 Å². The molecule has 0 heterocycles. The van der Waals surface area contributed by atoms with Crippen LogP contribution in [0.1, 0.15) is 6.42 Å². The monoisotopic (exact) mass is 332 g/mol. The maximum atomic E-state index is 12.5. The third-order valence-electron chi connectivity index (χ3n) is 3.20. The van der Waals surface area contributed by atoms with E-state index >= 15 is 0 Å². The smallest absolute Gasteiger partial charge is 0.326 e. The van der Waals surface area contributed by atoms with Gasteiger partial charge in [-0.3, -0.25) is 4.90 Å². The Labute approximate surface area is 136 Å². The molecular formula is C17H20N2O3S. The molecule has 6 heteroatoms. The Morgan fingerprint density at radius 2 is 1.43 bits per heavy atom. The summed E-state index contributed by atoms with van der Waals surface area (Å²) in [6, 6.07) is 18.3. The predicted octanol–water partition coefficient (Wildman–Crippen LogP) is 2.97. The molecule has 5 nitrogen and oxygen atoms in total. The molecule has 2 aromatic carbocycles. The van der Waals surface area contributed by atoms with Crippen LogP contribution in [-0.2, 0) is 9.84 Å². The number of urea groups is 1. The van der Waals surface area contributed by atoms with Crippen molar-refractivity contribution in [2.45, 2.75) is 6.42 Å². The number of para-hydroxylation sites is 2. The first-order chi connectivity index (χ1) is 11.0. The Morgan fingerprint density at radius 1 is 0.957 bits per heavy atom. The highest BCUT2D eigenvalue weighted by molar-refractivity contribution is 7.90. The van der Waals surface area contributed by atoms with Gasteiger partial charge in [-0.1, -0.05) is 36.4 Å². The first-order valence-corrected chi connectivity index (χ1v) is 9.39. The lowest BCUT2D eigenvalue weighted by Crippen LogP contribution is -2.37. The summed E-state index contributed by atoms with van der Waals surface area (Å²) < 4.78 is 22.3. The summed E-state index contributed by atoms with van der Waals surface area (Å²) in [4.78, 5) is 14.1. The van der Waals surface area contributed by atoms with Crippen LogP contribution in [0.15, 0.2) is 60.7 Å². The molecule has 0 aromatic heterocycles. The van der Waals surface area contributed by atoms with E-state index in [1.807, 2.05) is 60.7 Å². The minimum absolute atomic E-state index is 0.0595. The molecule has 122 valence electrons. The number of carbonyl (C=O) groups excluding carboxylic acids is 1. The van der Waals surface area contributed by atoms with E-state index in [2.05, 4.69) is 5.32 Å². The molecule has 0 aliphatic heterocycles. The highest BCUT2D eigenvalue weighted by Crippen LogP contribution is 2.24. The molecule has 0 aliphatic rings. The number of amides is 2. The lowest BCUT2D eigenvalue weighted by molar-refractivity contribution is 0.248. The van der Waals surface area contributed by atoms with Crippen molar-refractivity contribution >= 4 is 27.2 Å². The van der Waals surface area contributed by atoms with E-state index in [4.69, 9.17) is 0 Å². The number of anilines is 2. The second-order valence-electron chi connectivity index (χ2n) is 5.22. The van der Waals surface area contributed by atoms with Gasteiger partial charge >= 0.3 is 6.03 Å². The van der Waals surface area contributed by atoms with Crippen molar-refractivity contribution < 1.29 is 13.2 Å². The molecule has 0 atom stereocenters. The summed E-state index contributed by atoms with van der Waals surface area (Å²) in [5.74, 6) is 0.0595. The Hall–Kier alpha value is -2.34. The van der Waals surface area contributed by atoms with Gasteiger partial charge in [-0.15, -0.1) is 0 Å². The summed E-state index contributed by atoms with van der Waals surface area (Å²) in [6.07, 6.45) is 1.58. The average molecular weight is 332 g/mol. The predicted molar refractivity (Wildman–Crippen MR) is 92.7 cm³/mol. The molecule has 23 heavy (non-hydrogen) atoms. The number of sulfone groups is 1. The van der Waals surface area contributed by atoms with Gasteiger partial charge in [0, 0.05) is 12.8 Å². The first-order valence-electron chi connectivity index (χ1n) is 7.33. The summed E-state index contributed by atoms with van der Waals surface area (Å²) in [5, 5.41) is 2.77. The van der Waals surface area contributed by atoms with Crippen LogP contribution in [-0.4, -0.2) is 33.0 Å². The van der Waals surface area contributed by atoms with E-state index in [1.54, 1.807) is 4.90 Å². The third-order valence-corrected chi connectivity index (χ3v) is 4.23. The molecule has 0 aliphatic carbocycles. The molecule has 1 N–H and O–H groups in total. The fourth-order valence-electron chi connectivity index (χ4n) is 2.15. The number of nitrogens with one attached hydrogen (secondary N) is 1. The van der Waals surface area contributed by atoms with E-state index in [-0.39, 0.29) is 11.8 Å². The fourth-order valence-corrected chi connectivity index (χ4v) is 2.82. The van der Waals surface area contributed by atoms with Crippen molar-refractivity contribution in [1.29, 1.82) is 0 Å². The van der Waals surface area contributed by atoms with Gasteiger partial charge in [-0.2, -0.15) is 0 Å². The van der Waals surface area contributed by atoms with Crippen LogP contribution >= 0.6 is 0 Å². The normalized spacial score (nSPS) is 11.0. The highest BCUT2D eigenvalue weighted by atomic mass is 32.2. The number of hydrogen-bond acceptors (Lipinski definition) is 3. The molecule has 2 aromatic rings. The van der Waals surface area contributed by atoms with Crippen LogP contribution in [0.25, 0.3) is 0 Å². The zero-order chi connectivity index (χ0) is 16.7. The minimum Gasteiger partial charge on any atom is -0.337 e. The van der Waals surface area contributed by atoms with Crippen molar-refractivity contribution in [1.82, 2.24) is 5.32 Å². The highest BCUT2D eigenvalue weighted by Gasteiger charge is 2.17. The standard InChI is InChI=1S/C17H20N2O3S/c1-23(21,22)14-8-13-18-17(20)19(15-9-4-2-5-10-15)16-11-6-3-7-12-16/h2-7,9-12H,8,13-14H2,1H3,(H,18,20). The van der Waals surface area contributed by atoms with Gasteiger partial charge in [-0.25, -0.2) is 13.2 Å². The molecular weight excluding hydrogens is 312 g/mol. The van der Waals surface area contributed by atoms with Gasteiger partial charge < -0.3 is 5.32 Å². The van der Waals surface area contributed by atoms with Crippen LogP contribution in [0.4, 0.5) is 16.2 Å². The third kappa shape index (κ3) is 5.41. The van der Waals surface area contributed by atoms with Crippen LogP contribution in [0.3, 0.4) is 0 Å². The van der Waals surface area contributed by atoms with E-state index in [0.717, 1.165) is 11.4 Å². The van der Waals surface area contributed by atoms with Gasteiger partial charge in [0.15, 0.2) is 0 Å². The number of benzene rings is 2. The molecule has 0 bridgehead atoms. The van der Waals surface area contributed by atoms with Crippen LogP contribution in [0, 0.1) is 0 Å². The maximum absolute atomic E-state index is 12.5. The Balaban J connectivity index is 2.10.